The Labute approximate surface area is 128 Å². The largest absolute Gasteiger partial charge is 0.458 e. The van der Waals surface area contributed by atoms with Crippen LogP contribution >= 0.6 is 0 Å². The second-order valence-electron chi connectivity index (χ2n) is 5.03. The maximum atomic E-state index is 5.97. The summed E-state index contributed by atoms with van der Waals surface area (Å²) in [5.74, 6) is 8.76. The first-order valence-corrected chi connectivity index (χ1v) is 7.26. The van der Waals surface area contributed by atoms with Crippen LogP contribution in [0.25, 0.3) is 22.7 Å². The number of aromatic amines is 1. The van der Waals surface area contributed by atoms with Crippen molar-refractivity contribution in [3.63, 3.8) is 0 Å². The highest BCUT2D eigenvalue weighted by Gasteiger charge is 2.13. The SMILES string of the molecule is CCCCC#Cc1nc2c(N)nc(-c3ccc(C)o3)nc2[nH]1. The minimum atomic E-state index is 0.312. The van der Waals surface area contributed by atoms with Gasteiger partial charge in [0, 0.05) is 6.42 Å². The molecule has 0 saturated carbocycles. The van der Waals surface area contributed by atoms with E-state index in [9.17, 15) is 0 Å². The molecule has 0 aliphatic carbocycles. The third-order valence-corrected chi connectivity index (χ3v) is 3.19. The van der Waals surface area contributed by atoms with Crippen LogP contribution in [-0.2, 0) is 0 Å². The van der Waals surface area contributed by atoms with E-state index in [0.717, 1.165) is 25.0 Å². The van der Waals surface area contributed by atoms with Gasteiger partial charge in [-0.05, 0) is 31.4 Å². The van der Waals surface area contributed by atoms with Gasteiger partial charge in [-0.1, -0.05) is 19.3 Å². The number of unbranched alkanes of at least 4 members (excludes halogenated alkanes) is 2. The summed E-state index contributed by atoms with van der Waals surface area (Å²) in [6.45, 7) is 4.00. The smallest absolute Gasteiger partial charge is 0.199 e. The van der Waals surface area contributed by atoms with Crippen LogP contribution in [0.3, 0.4) is 0 Å². The summed E-state index contributed by atoms with van der Waals surface area (Å²) in [5.41, 5.74) is 7.07. The molecule has 112 valence electrons. The summed E-state index contributed by atoms with van der Waals surface area (Å²) in [5, 5.41) is 0. The van der Waals surface area contributed by atoms with Crippen molar-refractivity contribution in [2.45, 2.75) is 33.1 Å². The molecule has 0 unspecified atom stereocenters. The zero-order valence-corrected chi connectivity index (χ0v) is 12.6. The Balaban J connectivity index is 1.97. The first kappa shape index (κ1) is 14.1. The molecule has 0 radical (unpaired) electrons. The number of furan rings is 1. The van der Waals surface area contributed by atoms with Crippen molar-refractivity contribution in [2.75, 3.05) is 5.73 Å². The zero-order chi connectivity index (χ0) is 15.5. The summed E-state index contributed by atoms with van der Waals surface area (Å²) in [7, 11) is 0. The van der Waals surface area contributed by atoms with E-state index in [4.69, 9.17) is 10.2 Å². The van der Waals surface area contributed by atoms with Crippen molar-refractivity contribution in [3.8, 4) is 23.4 Å². The monoisotopic (exact) mass is 295 g/mol. The third kappa shape index (κ3) is 2.79. The van der Waals surface area contributed by atoms with Crippen LogP contribution in [-0.4, -0.2) is 19.9 Å². The minimum Gasteiger partial charge on any atom is -0.458 e. The maximum absolute atomic E-state index is 5.97. The average molecular weight is 295 g/mol. The average Bonchev–Trinajstić information content (AvgIpc) is 3.10. The normalized spacial score (nSPS) is 10.6. The molecule has 0 spiro atoms. The highest BCUT2D eigenvalue weighted by atomic mass is 16.3. The predicted octanol–water partition coefficient (Wildman–Crippen LogP) is 3.05. The summed E-state index contributed by atoms with van der Waals surface area (Å²) < 4.78 is 5.53. The summed E-state index contributed by atoms with van der Waals surface area (Å²) in [6, 6.07) is 3.68. The molecule has 3 heterocycles. The van der Waals surface area contributed by atoms with Crippen LogP contribution in [0, 0.1) is 18.8 Å². The van der Waals surface area contributed by atoms with Crippen LogP contribution < -0.4 is 5.73 Å². The number of nitrogens with one attached hydrogen (secondary N) is 1. The van der Waals surface area contributed by atoms with Gasteiger partial charge in [0.15, 0.2) is 34.4 Å². The number of H-pyrrole nitrogens is 1. The molecule has 3 aromatic heterocycles. The molecule has 3 aromatic rings. The number of aryl methyl sites for hydroxylation is 1. The quantitative estimate of drug-likeness (QED) is 0.572. The van der Waals surface area contributed by atoms with Gasteiger partial charge in [0.05, 0.1) is 0 Å². The van der Waals surface area contributed by atoms with Gasteiger partial charge in [0.2, 0.25) is 0 Å². The molecule has 6 heteroatoms. The molecule has 3 rings (SSSR count). The second-order valence-corrected chi connectivity index (χ2v) is 5.03. The van der Waals surface area contributed by atoms with E-state index in [1.54, 1.807) is 0 Å². The summed E-state index contributed by atoms with van der Waals surface area (Å²) >= 11 is 0. The van der Waals surface area contributed by atoms with E-state index < -0.39 is 0 Å². The lowest BCUT2D eigenvalue weighted by Gasteiger charge is -1.98. The number of hydrogen-bond donors (Lipinski definition) is 2. The van der Waals surface area contributed by atoms with Gasteiger partial charge in [-0.15, -0.1) is 0 Å². The number of anilines is 1. The van der Waals surface area contributed by atoms with Gasteiger partial charge in [-0.2, -0.15) is 0 Å². The van der Waals surface area contributed by atoms with E-state index in [1.807, 2.05) is 19.1 Å². The van der Waals surface area contributed by atoms with E-state index in [0.29, 0.717) is 34.4 Å². The van der Waals surface area contributed by atoms with Crippen molar-refractivity contribution in [1.82, 2.24) is 19.9 Å². The summed E-state index contributed by atoms with van der Waals surface area (Å²) in [6.07, 6.45) is 3.06. The number of nitrogens with zero attached hydrogens (tertiary/aromatic N) is 3. The fourth-order valence-corrected chi connectivity index (χ4v) is 2.06. The molecule has 3 N–H and O–H groups in total. The van der Waals surface area contributed by atoms with Crippen molar-refractivity contribution >= 4 is 17.0 Å². The Morgan fingerprint density at radius 1 is 1.27 bits per heavy atom. The van der Waals surface area contributed by atoms with Crippen LogP contribution in [0.1, 0.15) is 37.8 Å². The Kier molecular flexibility index (Phi) is 3.79. The van der Waals surface area contributed by atoms with Crippen molar-refractivity contribution < 1.29 is 4.42 Å². The first-order chi connectivity index (χ1) is 10.7. The fourth-order valence-electron chi connectivity index (χ4n) is 2.06. The van der Waals surface area contributed by atoms with Gasteiger partial charge >= 0.3 is 0 Å². The van der Waals surface area contributed by atoms with Crippen molar-refractivity contribution in [2.24, 2.45) is 0 Å². The van der Waals surface area contributed by atoms with Gasteiger partial charge in [-0.25, -0.2) is 15.0 Å². The summed E-state index contributed by atoms with van der Waals surface area (Å²) in [4.78, 5) is 16.1. The highest BCUT2D eigenvalue weighted by Crippen LogP contribution is 2.23. The molecule has 0 saturated heterocycles. The van der Waals surface area contributed by atoms with E-state index >= 15 is 0 Å². The Morgan fingerprint density at radius 2 is 2.14 bits per heavy atom. The third-order valence-electron chi connectivity index (χ3n) is 3.19. The molecule has 0 aliphatic rings. The number of aromatic nitrogens is 4. The van der Waals surface area contributed by atoms with Crippen LogP contribution in [0.15, 0.2) is 16.5 Å². The van der Waals surface area contributed by atoms with Crippen LogP contribution in [0.5, 0.6) is 0 Å². The van der Waals surface area contributed by atoms with Gasteiger partial charge in [0.1, 0.15) is 5.76 Å². The number of hydrogen-bond acceptors (Lipinski definition) is 5. The van der Waals surface area contributed by atoms with Gasteiger partial charge in [0.25, 0.3) is 0 Å². The van der Waals surface area contributed by atoms with Crippen molar-refractivity contribution in [3.05, 3.63) is 23.7 Å². The second kappa shape index (κ2) is 5.90. The molecule has 0 aliphatic heterocycles. The van der Waals surface area contributed by atoms with E-state index in [2.05, 4.69) is 38.7 Å². The maximum Gasteiger partial charge on any atom is 0.199 e. The molecule has 6 nitrogen and oxygen atoms in total. The zero-order valence-electron chi connectivity index (χ0n) is 12.6. The number of imidazole rings is 1. The van der Waals surface area contributed by atoms with Gasteiger partial charge < -0.3 is 15.1 Å². The fraction of sp³-hybridized carbons (Fsp3) is 0.312. The van der Waals surface area contributed by atoms with Crippen LogP contribution in [0.4, 0.5) is 5.82 Å². The first-order valence-electron chi connectivity index (χ1n) is 7.26. The molecule has 0 amide bonds. The topological polar surface area (TPSA) is 93.6 Å². The number of rotatable bonds is 3. The van der Waals surface area contributed by atoms with E-state index in [1.165, 1.54) is 0 Å². The number of nitrogen functional groups attached to an aromatic ring is 1. The molecule has 0 atom stereocenters. The predicted molar refractivity (Wildman–Crippen MR) is 84.9 cm³/mol. The van der Waals surface area contributed by atoms with Gasteiger partial charge in [-0.3, -0.25) is 0 Å². The molecule has 0 bridgehead atoms. The number of fused-ring (bicyclic) bond motifs is 1. The molecular formula is C16H17N5O. The number of nitrogens with two attached hydrogens (primary N) is 1. The highest BCUT2D eigenvalue weighted by molar-refractivity contribution is 5.83. The molecule has 0 fully saturated rings. The Morgan fingerprint density at radius 3 is 2.86 bits per heavy atom. The Hall–Kier alpha value is -2.81. The van der Waals surface area contributed by atoms with Crippen LogP contribution in [0.2, 0.25) is 0 Å². The van der Waals surface area contributed by atoms with Crippen molar-refractivity contribution in [1.29, 1.82) is 0 Å². The lowest BCUT2D eigenvalue weighted by Crippen LogP contribution is -1.96. The van der Waals surface area contributed by atoms with E-state index in [-0.39, 0.29) is 0 Å². The lowest BCUT2D eigenvalue weighted by atomic mass is 10.2. The molecular weight excluding hydrogens is 278 g/mol. The standard InChI is InChI=1S/C16H17N5O/c1-3-4-5-6-7-12-18-13-14(17)20-15(21-16(13)19-12)11-9-8-10(2)22-11/h8-9H,3-5H2,1-2H3,(H3,17,18,19,20,21). The molecule has 0 aromatic carbocycles. The minimum absolute atomic E-state index is 0.312. The molecule has 22 heavy (non-hydrogen) atoms. The Bertz CT molecular complexity index is 866. The lowest BCUT2D eigenvalue weighted by molar-refractivity contribution is 0.544.